The molecule has 3 rings (SSSR count). The molecule has 0 bridgehead atoms. The van der Waals surface area contributed by atoms with E-state index < -0.39 is 0 Å². The van der Waals surface area contributed by atoms with E-state index in [0.29, 0.717) is 5.89 Å². The molecule has 0 aromatic carbocycles. The maximum Gasteiger partial charge on any atom is 0.266 e. The van der Waals surface area contributed by atoms with Gasteiger partial charge in [0, 0.05) is 26.7 Å². The van der Waals surface area contributed by atoms with Crippen LogP contribution >= 0.6 is 0 Å². The largest absolute Gasteiger partial charge is 0.380 e. The predicted octanol–water partition coefficient (Wildman–Crippen LogP) is 1.11. The lowest BCUT2D eigenvalue weighted by Crippen LogP contribution is -2.30. The number of nitrogens with one attached hydrogen (secondary N) is 1. The van der Waals surface area contributed by atoms with Crippen molar-refractivity contribution < 1.29 is 9.26 Å². The third-order valence-electron chi connectivity index (χ3n) is 3.79. The molecule has 2 fully saturated rings. The van der Waals surface area contributed by atoms with Gasteiger partial charge in [0.25, 0.3) is 5.95 Å². The van der Waals surface area contributed by atoms with Crippen molar-refractivity contribution in [2.45, 2.75) is 37.8 Å². The number of aromatic nitrogens is 2. The molecule has 0 spiro atoms. The fourth-order valence-electron chi connectivity index (χ4n) is 2.66. The van der Waals surface area contributed by atoms with Crippen LogP contribution in [-0.4, -0.2) is 43.0 Å². The SMILES string of the molecule is COC1CNC(c2nc(N3CCCCC3)no2)C1. The second-order valence-electron chi connectivity index (χ2n) is 5.03. The van der Waals surface area contributed by atoms with Gasteiger partial charge in [-0.2, -0.15) is 4.98 Å². The average Bonchev–Trinajstić information content (AvgIpc) is 3.08. The van der Waals surface area contributed by atoms with Crippen LogP contribution < -0.4 is 10.2 Å². The van der Waals surface area contributed by atoms with Crippen LogP contribution in [0.25, 0.3) is 0 Å². The van der Waals surface area contributed by atoms with Crippen molar-refractivity contribution >= 4 is 5.95 Å². The molecule has 2 unspecified atom stereocenters. The highest BCUT2D eigenvalue weighted by Crippen LogP contribution is 2.25. The van der Waals surface area contributed by atoms with Crippen LogP contribution in [0.5, 0.6) is 0 Å². The van der Waals surface area contributed by atoms with Crippen molar-refractivity contribution in [3.05, 3.63) is 5.89 Å². The molecule has 0 saturated carbocycles. The van der Waals surface area contributed by atoms with Gasteiger partial charge in [-0.3, -0.25) is 0 Å². The van der Waals surface area contributed by atoms with E-state index in [2.05, 4.69) is 20.4 Å². The summed E-state index contributed by atoms with van der Waals surface area (Å²) in [5.74, 6) is 1.43. The second-order valence-corrected chi connectivity index (χ2v) is 5.03. The van der Waals surface area contributed by atoms with Crippen molar-refractivity contribution in [2.75, 3.05) is 31.6 Å². The normalized spacial score (nSPS) is 28.8. The molecule has 0 amide bonds. The van der Waals surface area contributed by atoms with Crippen LogP contribution in [0.2, 0.25) is 0 Å². The molecule has 1 aromatic heterocycles. The molecule has 2 aliphatic rings. The number of rotatable bonds is 3. The molecule has 100 valence electrons. The first-order valence-corrected chi connectivity index (χ1v) is 6.71. The minimum atomic E-state index is 0.140. The van der Waals surface area contributed by atoms with Gasteiger partial charge in [0.05, 0.1) is 12.1 Å². The van der Waals surface area contributed by atoms with Crippen molar-refractivity contribution in [3.8, 4) is 0 Å². The lowest BCUT2D eigenvalue weighted by atomic mass is 10.1. The average molecular weight is 252 g/mol. The van der Waals surface area contributed by atoms with E-state index in [1.807, 2.05) is 0 Å². The van der Waals surface area contributed by atoms with Crippen LogP contribution in [0.4, 0.5) is 5.95 Å². The highest BCUT2D eigenvalue weighted by molar-refractivity contribution is 5.28. The van der Waals surface area contributed by atoms with Gasteiger partial charge in [-0.15, -0.1) is 0 Å². The Labute approximate surface area is 107 Å². The van der Waals surface area contributed by atoms with E-state index in [4.69, 9.17) is 9.26 Å². The first-order valence-electron chi connectivity index (χ1n) is 6.71. The van der Waals surface area contributed by atoms with Crippen molar-refractivity contribution in [3.63, 3.8) is 0 Å². The maximum atomic E-state index is 5.37. The first-order chi connectivity index (χ1) is 8.86. The van der Waals surface area contributed by atoms with Crippen molar-refractivity contribution in [2.24, 2.45) is 0 Å². The zero-order valence-electron chi connectivity index (χ0n) is 10.8. The van der Waals surface area contributed by atoms with E-state index in [1.165, 1.54) is 19.3 Å². The zero-order valence-corrected chi connectivity index (χ0v) is 10.8. The smallest absolute Gasteiger partial charge is 0.266 e. The van der Waals surface area contributed by atoms with Gasteiger partial charge in [0.1, 0.15) is 0 Å². The van der Waals surface area contributed by atoms with Gasteiger partial charge in [-0.25, -0.2) is 0 Å². The maximum absolute atomic E-state index is 5.37. The standard InChI is InChI=1S/C12H20N4O2/c1-17-9-7-10(13-8-9)11-14-12(15-18-11)16-5-3-2-4-6-16/h9-10,13H,2-8H2,1H3. The summed E-state index contributed by atoms with van der Waals surface area (Å²) < 4.78 is 10.7. The number of nitrogens with zero attached hydrogens (tertiary/aromatic N) is 3. The Morgan fingerprint density at radius 3 is 2.89 bits per heavy atom. The van der Waals surface area contributed by atoms with Crippen LogP contribution in [0.1, 0.15) is 37.6 Å². The van der Waals surface area contributed by atoms with Gasteiger partial charge in [-0.05, 0) is 30.8 Å². The van der Waals surface area contributed by atoms with Crippen LogP contribution in [-0.2, 0) is 4.74 Å². The topological polar surface area (TPSA) is 63.4 Å². The Hall–Kier alpha value is -1.14. The van der Waals surface area contributed by atoms with Gasteiger partial charge < -0.3 is 19.5 Å². The molecule has 2 saturated heterocycles. The van der Waals surface area contributed by atoms with Crippen LogP contribution in [0.15, 0.2) is 4.52 Å². The molecule has 1 aromatic rings. The molecule has 2 atom stereocenters. The summed E-state index contributed by atoms with van der Waals surface area (Å²) in [5, 5.41) is 7.44. The molecule has 2 aliphatic heterocycles. The molecular formula is C12H20N4O2. The molecule has 0 aliphatic carbocycles. The summed E-state index contributed by atoms with van der Waals surface area (Å²) in [6.07, 6.45) is 4.90. The lowest BCUT2D eigenvalue weighted by Gasteiger charge is -2.24. The third kappa shape index (κ3) is 2.35. The second kappa shape index (κ2) is 5.24. The van der Waals surface area contributed by atoms with Gasteiger partial charge >= 0.3 is 0 Å². The Morgan fingerprint density at radius 2 is 2.17 bits per heavy atom. The molecule has 18 heavy (non-hydrogen) atoms. The van der Waals surface area contributed by atoms with Crippen molar-refractivity contribution in [1.29, 1.82) is 0 Å². The van der Waals surface area contributed by atoms with Gasteiger partial charge in [0.15, 0.2) is 0 Å². The Bertz CT molecular complexity index is 389. The van der Waals surface area contributed by atoms with E-state index >= 15 is 0 Å². The summed E-state index contributed by atoms with van der Waals surface area (Å²) in [6.45, 7) is 2.93. The number of methoxy groups -OCH3 is 1. The quantitative estimate of drug-likeness (QED) is 0.869. The number of ether oxygens (including phenoxy) is 1. The summed E-state index contributed by atoms with van der Waals surface area (Å²) >= 11 is 0. The molecular weight excluding hydrogens is 232 g/mol. The van der Waals surface area contributed by atoms with E-state index in [-0.39, 0.29) is 12.1 Å². The minimum absolute atomic E-state index is 0.140. The summed E-state index contributed by atoms with van der Waals surface area (Å²) in [4.78, 5) is 6.72. The monoisotopic (exact) mass is 252 g/mol. The summed E-state index contributed by atoms with van der Waals surface area (Å²) in [6, 6.07) is 0.140. The number of anilines is 1. The number of hydrogen-bond acceptors (Lipinski definition) is 6. The Kier molecular flexibility index (Phi) is 3.47. The molecule has 3 heterocycles. The number of hydrogen-bond donors (Lipinski definition) is 1. The zero-order chi connectivity index (χ0) is 12.4. The fourth-order valence-corrected chi connectivity index (χ4v) is 2.66. The van der Waals surface area contributed by atoms with E-state index in [1.54, 1.807) is 7.11 Å². The van der Waals surface area contributed by atoms with Crippen LogP contribution in [0.3, 0.4) is 0 Å². The van der Waals surface area contributed by atoms with Crippen molar-refractivity contribution in [1.82, 2.24) is 15.5 Å². The van der Waals surface area contributed by atoms with Gasteiger partial charge in [0.2, 0.25) is 5.89 Å². The summed E-state index contributed by atoms with van der Waals surface area (Å²) in [5.41, 5.74) is 0. The molecule has 6 heteroatoms. The highest BCUT2D eigenvalue weighted by Gasteiger charge is 2.30. The molecule has 0 radical (unpaired) electrons. The fraction of sp³-hybridized carbons (Fsp3) is 0.833. The van der Waals surface area contributed by atoms with E-state index in [9.17, 15) is 0 Å². The summed E-state index contributed by atoms with van der Waals surface area (Å²) in [7, 11) is 1.74. The Balaban J connectivity index is 1.66. The predicted molar refractivity (Wildman–Crippen MR) is 66.5 cm³/mol. The number of piperidine rings is 1. The first kappa shape index (κ1) is 11.9. The third-order valence-corrected chi connectivity index (χ3v) is 3.79. The molecule has 1 N–H and O–H groups in total. The molecule has 6 nitrogen and oxygen atoms in total. The minimum Gasteiger partial charge on any atom is -0.380 e. The lowest BCUT2D eigenvalue weighted by molar-refractivity contribution is 0.116. The van der Waals surface area contributed by atoms with E-state index in [0.717, 1.165) is 32.0 Å². The van der Waals surface area contributed by atoms with Crippen LogP contribution in [0, 0.1) is 0 Å². The Morgan fingerprint density at radius 1 is 1.33 bits per heavy atom. The van der Waals surface area contributed by atoms with Gasteiger partial charge in [-0.1, -0.05) is 0 Å². The highest BCUT2D eigenvalue weighted by atomic mass is 16.5.